The van der Waals surface area contributed by atoms with Gasteiger partial charge in [-0.1, -0.05) is 122 Å². The summed E-state index contributed by atoms with van der Waals surface area (Å²) in [5, 5.41) is 31.6. The first-order chi connectivity index (χ1) is 20.9. The van der Waals surface area contributed by atoms with E-state index >= 15 is 0 Å². The Kier molecular flexibility index (Phi) is 21.6. The summed E-state index contributed by atoms with van der Waals surface area (Å²) in [4.78, 5) is 11.6. The normalized spacial score (nSPS) is 22.5. The highest BCUT2D eigenvalue weighted by molar-refractivity contribution is 5.90. The summed E-state index contributed by atoms with van der Waals surface area (Å²) in [7, 11) is 0. The van der Waals surface area contributed by atoms with Crippen LogP contribution in [-0.2, 0) is 14.3 Å². The maximum Gasteiger partial charge on any atom is 0.334 e. The van der Waals surface area contributed by atoms with Crippen molar-refractivity contribution >= 4 is 5.97 Å². The molecule has 2 aliphatic heterocycles. The van der Waals surface area contributed by atoms with Crippen LogP contribution in [0.5, 0.6) is 0 Å². The maximum atomic E-state index is 11.6. The second kappa shape index (κ2) is 24.3. The predicted octanol–water partition coefficient (Wildman–Crippen LogP) is 8.87. The molecule has 0 spiro atoms. The average molecular weight is 609 g/mol. The van der Waals surface area contributed by atoms with Crippen LogP contribution in [-0.4, -0.2) is 57.9 Å². The minimum absolute atomic E-state index is 0.0756. The van der Waals surface area contributed by atoms with Crippen LogP contribution in [0, 0.1) is 0 Å². The topological polar surface area (TPSA) is 96.2 Å². The molecular formula is C37H68O6. The number of hydrogen-bond acceptors (Lipinski definition) is 6. The molecule has 0 aromatic rings. The van der Waals surface area contributed by atoms with E-state index < -0.39 is 12.2 Å². The van der Waals surface area contributed by atoms with Gasteiger partial charge in [-0.3, -0.25) is 0 Å². The minimum atomic E-state index is -0.481. The summed E-state index contributed by atoms with van der Waals surface area (Å²) in [5.74, 6) is -0.151. The summed E-state index contributed by atoms with van der Waals surface area (Å²) >= 11 is 0. The third-order valence-electron chi connectivity index (χ3n) is 9.56. The van der Waals surface area contributed by atoms with Crippen LogP contribution in [0.1, 0.15) is 181 Å². The number of carbonyl (C=O) groups is 1. The summed E-state index contributed by atoms with van der Waals surface area (Å²) < 4.78 is 11.2. The first-order valence-electron chi connectivity index (χ1n) is 18.5. The van der Waals surface area contributed by atoms with Crippen LogP contribution in [0.3, 0.4) is 0 Å². The van der Waals surface area contributed by atoms with Gasteiger partial charge in [-0.05, 0) is 64.4 Å². The number of ether oxygens (including phenoxy) is 2. The van der Waals surface area contributed by atoms with Crippen molar-refractivity contribution in [3.8, 4) is 0 Å². The lowest BCUT2D eigenvalue weighted by molar-refractivity contribution is -0.139. The molecule has 0 aliphatic carbocycles. The molecule has 43 heavy (non-hydrogen) atoms. The SMILES string of the molecule is CCCCCCCCCCCCCC[C@@H](O)[C@H]1CC[C@H]([C@H](O)CCCC[C@H](O)CCCCCCCC2=CC(C)OC2=O)O1. The lowest BCUT2D eigenvalue weighted by Crippen LogP contribution is -2.31. The van der Waals surface area contributed by atoms with Crippen molar-refractivity contribution < 1.29 is 29.6 Å². The fraction of sp³-hybridized carbons (Fsp3) is 0.919. The quantitative estimate of drug-likeness (QED) is 0.0606. The van der Waals surface area contributed by atoms with E-state index in [1.807, 2.05) is 13.0 Å². The number of esters is 1. The highest BCUT2D eigenvalue weighted by atomic mass is 16.5. The zero-order valence-electron chi connectivity index (χ0n) is 28.0. The molecule has 0 radical (unpaired) electrons. The van der Waals surface area contributed by atoms with Crippen LogP contribution < -0.4 is 0 Å². The first-order valence-corrected chi connectivity index (χ1v) is 18.5. The highest BCUT2D eigenvalue weighted by Gasteiger charge is 2.34. The van der Waals surface area contributed by atoms with Crippen LogP contribution >= 0.6 is 0 Å². The highest BCUT2D eigenvalue weighted by Crippen LogP contribution is 2.28. The third-order valence-corrected chi connectivity index (χ3v) is 9.56. The minimum Gasteiger partial charge on any atom is -0.455 e. The van der Waals surface area contributed by atoms with E-state index in [0.717, 1.165) is 95.5 Å². The molecule has 6 heteroatoms. The monoisotopic (exact) mass is 609 g/mol. The van der Waals surface area contributed by atoms with Gasteiger partial charge in [0.2, 0.25) is 0 Å². The van der Waals surface area contributed by atoms with Crippen molar-refractivity contribution in [2.24, 2.45) is 0 Å². The van der Waals surface area contributed by atoms with Crippen LogP contribution in [0.4, 0.5) is 0 Å². The lowest BCUT2D eigenvalue weighted by atomic mass is 9.99. The van der Waals surface area contributed by atoms with E-state index in [2.05, 4.69) is 6.92 Å². The third kappa shape index (κ3) is 18.0. The van der Waals surface area contributed by atoms with Crippen molar-refractivity contribution in [2.45, 2.75) is 217 Å². The Labute approximate surface area is 264 Å². The number of unbranched alkanes of at least 4 members (excludes halogenated alkanes) is 16. The lowest BCUT2D eigenvalue weighted by Gasteiger charge is -2.22. The zero-order valence-corrected chi connectivity index (χ0v) is 28.0. The fourth-order valence-corrected chi connectivity index (χ4v) is 6.74. The molecule has 2 rings (SSSR count). The second-order valence-electron chi connectivity index (χ2n) is 13.6. The Morgan fingerprint density at radius 1 is 0.651 bits per heavy atom. The molecule has 2 aliphatic rings. The molecule has 0 aromatic heterocycles. The van der Waals surface area contributed by atoms with Gasteiger partial charge >= 0.3 is 5.97 Å². The number of carbonyl (C=O) groups excluding carboxylic acids is 1. The number of aliphatic hydroxyl groups excluding tert-OH is 3. The summed E-state index contributed by atoms with van der Waals surface area (Å²) in [5.41, 5.74) is 0.829. The van der Waals surface area contributed by atoms with Gasteiger partial charge < -0.3 is 24.8 Å². The van der Waals surface area contributed by atoms with E-state index in [1.54, 1.807) is 0 Å². The number of rotatable bonds is 28. The molecule has 0 saturated carbocycles. The van der Waals surface area contributed by atoms with Crippen molar-refractivity contribution in [1.82, 2.24) is 0 Å². The molecular weight excluding hydrogens is 540 g/mol. The number of hydrogen-bond donors (Lipinski definition) is 3. The summed E-state index contributed by atoms with van der Waals surface area (Å²) in [6.07, 6.45) is 29.1. The molecule has 1 fully saturated rings. The Morgan fingerprint density at radius 2 is 1.07 bits per heavy atom. The molecule has 252 valence electrons. The summed E-state index contributed by atoms with van der Waals surface area (Å²) in [6, 6.07) is 0. The zero-order chi connectivity index (χ0) is 31.1. The van der Waals surface area contributed by atoms with E-state index in [0.29, 0.717) is 6.42 Å². The van der Waals surface area contributed by atoms with Gasteiger partial charge in [0.1, 0.15) is 6.10 Å². The average Bonchev–Trinajstić information content (AvgIpc) is 3.61. The molecule has 3 N–H and O–H groups in total. The van der Waals surface area contributed by atoms with E-state index in [-0.39, 0.29) is 30.4 Å². The van der Waals surface area contributed by atoms with Crippen LogP contribution in [0.15, 0.2) is 11.6 Å². The smallest absolute Gasteiger partial charge is 0.334 e. The van der Waals surface area contributed by atoms with Crippen molar-refractivity contribution in [2.75, 3.05) is 0 Å². The molecule has 0 aromatic carbocycles. The summed E-state index contributed by atoms with van der Waals surface area (Å²) in [6.45, 7) is 4.16. The van der Waals surface area contributed by atoms with Gasteiger partial charge in [-0.25, -0.2) is 4.79 Å². The van der Waals surface area contributed by atoms with Crippen LogP contribution in [0.2, 0.25) is 0 Å². The van der Waals surface area contributed by atoms with Gasteiger partial charge in [-0.15, -0.1) is 0 Å². The van der Waals surface area contributed by atoms with Crippen molar-refractivity contribution in [1.29, 1.82) is 0 Å². The number of aliphatic hydroxyl groups is 3. The van der Waals surface area contributed by atoms with E-state index in [9.17, 15) is 20.1 Å². The molecule has 2 heterocycles. The second-order valence-corrected chi connectivity index (χ2v) is 13.6. The first kappa shape index (κ1) is 38.2. The van der Waals surface area contributed by atoms with Gasteiger partial charge in [0, 0.05) is 5.57 Å². The Hall–Kier alpha value is -0.950. The predicted molar refractivity (Wildman–Crippen MR) is 176 cm³/mol. The van der Waals surface area contributed by atoms with Crippen LogP contribution in [0.25, 0.3) is 0 Å². The van der Waals surface area contributed by atoms with Gasteiger partial charge in [-0.2, -0.15) is 0 Å². The maximum absolute atomic E-state index is 11.6. The molecule has 6 nitrogen and oxygen atoms in total. The Bertz CT molecular complexity index is 724. The van der Waals surface area contributed by atoms with Gasteiger partial charge in [0.15, 0.2) is 0 Å². The van der Waals surface area contributed by atoms with Crippen molar-refractivity contribution in [3.63, 3.8) is 0 Å². The molecule has 1 unspecified atom stereocenters. The van der Waals surface area contributed by atoms with Gasteiger partial charge in [0.05, 0.1) is 30.5 Å². The Balaban J connectivity index is 1.37. The van der Waals surface area contributed by atoms with Gasteiger partial charge in [0.25, 0.3) is 0 Å². The van der Waals surface area contributed by atoms with E-state index in [4.69, 9.17) is 9.47 Å². The van der Waals surface area contributed by atoms with E-state index in [1.165, 1.54) is 70.6 Å². The molecule has 0 amide bonds. The standard InChI is InChI=1S/C37H68O6/c1-3-4-5-6-7-8-9-10-11-12-16-19-25-33(39)35-27-28-36(43-35)34(40)26-21-20-24-32(38)23-18-15-13-14-17-22-31-29-30(2)42-37(31)41/h29-30,32-36,38-40H,3-28H2,1-2H3/t30?,32-,33-,34-,35-,36-/m1/s1. The molecule has 0 bridgehead atoms. The molecule has 1 saturated heterocycles. The number of cyclic esters (lactones) is 1. The largest absolute Gasteiger partial charge is 0.455 e. The Morgan fingerprint density at radius 3 is 1.56 bits per heavy atom. The molecule has 6 atom stereocenters. The fourth-order valence-electron chi connectivity index (χ4n) is 6.74. The van der Waals surface area contributed by atoms with Crippen molar-refractivity contribution in [3.05, 3.63) is 11.6 Å².